The molecule has 3 aromatic carbocycles. The molecular weight excluding hydrogens is 240 g/mol. The van der Waals surface area contributed by atoms with Gasteiger partial charge >= 0.3 is 0 Å². The molecule has 0 radical (unpaired) electrons. The van der Waals surface area contributed by atoms with E-state index in [4.69, 9.17) is 0 Å². The lowest BCUT2D eigenvalue weighted by atomic mass is 9.96. The normalized spacial score (nSPS) is 10.2. The van der Waals surface area contributed by atoms with Gasteiger partial charge in [-0.1, -0.05) is 85.4 Å². The first kappa shape index (κ1) is 12.4. The fraction of sp³-hybridized carbons (Fsp3) is 0. The van der Waals surface area contributed by atoms with Crippen LogP contribution in [0.3, 0.4) is 0 Å². The Kier molecular flexibility index (Phi) is 3.47. The van der Waals surface area contributed by atoms with E-state index in [-0.39, 0.29) is 0 Å². The Hall–Kier alpha value is -2.60. The van der Waals surface area contributed by atoms with Crippen LogP contribution in [0.15, 0.2) is 91.5 Å². The quantitative estimate of drug-likeness (QED) is 0.587. The average Bonchev–Trinajstić information content (AvgIpc) is 2.56. The third-order valence-electron chi connectivity index (χ3n) is 3.44. The van der Waals surface area contributed by atoms with E-state index >= 15 is 0 Å². The molecule has 0 atom stereocenters. The van der Waals surface area contributed by atoms with Gasteiger partial charge in [0.2, 0.25) is 0 Å². The summed E-state index contributed by atoms with van der Waals surface area (Å²) in [6.45, 7) is 4.23. The van der Waals surface area contributed by atoms with Gasteiger partial charge in [0.1, 0.15) is 0 Å². The molecule has 20 heavy (non-hydrogen) atoms. The third-order valence-corrected chi connectivity index (χ3v) is 3.44. The Balaban J connectivity index is 1.98. The topological polar surface area (TPSA) is 0 Å². The monoisotopic (exact) mass is 256 g/mol. The van der Waals surface area contributed by atoms with Crippen molar-refractivity contribution in [2.75, 3.05) is 0 Å². The molecule has 0 N–H and O–H groups in total. The van der Waals surface area contributed by atoms with Gasteiger partial charge in [0.15, 0.2) is 0 Å². The van der Waals surface area contributed by atoms with Gasteiger partial charge in [-0.15, -0.1) is 0 Å². The van der Waals surface area contributed by atoms with Gasteiger partial charge in [-0.2, -0.15) is 0 Å². The number of benzene rings is 3. The molecule has 0 aromatic heterocycles. The molecule has 0 saturated carbocycles. The highest BCUT2D eigenvalue weighted by atomic mass is 14.1. The lowest BCUT2D eigenvalue weighted by molar-refractivity contribution is 1.54. The predicted octanol–water partition coefficient (Wildman–Crippen LogP) is 5.42. The summed E-state index contributed by atoms with van der Waals surface area (Å²) in [4.78, 5) is 0. The Morgan fingerprint density at radius 3 is 1.80 bits per heavy atom. The van der Waals surface area contributed by atoms with Gasteiger partial charge in [0.05, 0.1) is 0 Å². The smallest absolute Gasteiger partial charge is 0.0178 e. The van der Waals surface area contributed by atoms with Gasteiger partial charge < -0.3 is 0 Å². The first-order valence-electron chi connectivity index (χ1n) is 6.75. The van der Waals surface area contributed by atoms with Crippen LogP contribution in [-0.4, -0.2) is 0 Å². The maximum atomic E-state index is 4.23. The van der Waals surface area contributed by atoms with Crippen LogP contribution >= 0.6 is 0 Å². The van der Waals surface area contributed by atoms with Crippen LogP contribution in [0.5, 0.6) is 0 Å². The largest absolute Gasteiger partial charge is 0.0906 e. The third kappa shape index (κ3) is 2.55. The van der Waals surface area contributed by atoms with Crippen molar-refractivity contribution >= 4 is 5.57 Å². The molecule has 0 bridgehead atoms. The van der Waals surface area contributed by atoms with E-state index in [2.05, 4.69) is 67.2 Å². The van der Waals surface area contributed by atoms with E-state index in [1.54, 1.807) is 0 Å². The fourth-order valence-corrected chi connectivity index (χ4v) is 2.32. The van der Waals surface area contributed by atoms with E-state index in [1.807, 2.05) is 24.3 Å². The number of rotatable bonds is 3. The van der Waals surface area contributed by atoms with Crippen LogP contribution in [0.2, 0.25) is 0 Å². The Morgan fingerprint density at radius 1 is 0.550 bits per heavy atom. The minimum absolute atomic E-state index is 1.06. The minimum Gasteiger partial charge on any atom is -0.0906 e. The van der Waals surface area contributed by atoms with Gasteiger partial charge in [0, 0.05) is 0 Å². The zero-order valence-electron chi connectivity index (χ0n) is 11.3. The van der Waals surface area contributed by atoms with Crippen molar-refractivity contribution in [3.8, 4) is 11.1 Å². The highest BCUT2D eigenvalue weighted by molar-refractivity contribution is 5.80. The summed E-state index contributed by atoms with van der Waals surface area (Å²) in [5.74, 6) is 0. The van der Waals surface area contributed by atoms with E-state index in [0.29, 0.717) is 0 Å². The Bertz CT molecular complexity index is 709. The van der Waals surface area contributed by atoms with Crippen LogP contribution in [0, 0.1) is 0 Å². The fourth-order valence-electron chi connectivity index (χ4n) is 2.32. The van der Waals surface area contributed by atoms with Gasteiger partial charge in [-0.3, -0.25) is 0 Å². The standard InChI is InChI=1S/C20H16/c1-16(17-9-4-2-5-10-17)19-13-8-14-20(15-19)18-11-6-3-7-12-18/h2-15H,1H2. The van der Waals surface area contributed by atoms with E-state index < -0.39 is 0 Å². The highest BCUT2D eigenvalue weighted by Gasteiger charge is 2.03. The zero-order chi connectivity index (χ0) is 13.8. The molecule has 3 aromatic rings. The van der Waals surface area contributed by atoms with Gasteiger partial charge in [0.25, 0.3) is 0 Å². The molecule has 0 aliphatic carbocycles. The molecule has 0 aliphatic rings. The summed E-state index contributed by atoms with van der Waals surface area (Å²) in [6, 6.07) is 29.3. The summed E-state index contributed by atoms with van der Waals surface area (Å²) >= 11 is 0. The average molecular weight is 256 g/mol. The SMILES string of the molecule is C=C(c1ccccc1)c1cccc(-c2ccccc2)c1. The first-order chi connectivity index (χ1) is 9.84. The van der Waals surface area contributed by atoms with E-state index in [1.165, 1.54) is 11.1 Å². The molecule has 96 valence electrons. The second-order valence-electron chi connectivity index (χ2n) is 4.79. The summed E-state index contributed by atoms with van der Waals surface area (Å²) in [5.41, 5.74) is 5.84. The highest BCUT2D eigenvalue weighted by Crippen LogP contribution is 2.26. The van der Waals surface area contributed by atoms with Gasteiger partial charge in [-0.25, -0.2) is 0 Å². The second kappa shape index (κ2) is 5.58. The van der Waals surface area contributed by atoms with Gasteiger partial charge in [-0.05, 0) is 33.9 Å². The van der Waals surface area contributed by atoms with E-state index in [0.717, 1.165) is 16.7 Å². The van der Waals surface area contributed by atoms with E-state index in [9.17, 15) is 0 Å². The van der Waals surface area contributed by atoms with Crippen molar-refractivity contribution in [2.24, 2.45) is 0 Å². The number of hydrogen-bond donors (Lipinski definition) is 0. The summed E-state index contributed by atoms with van der Waals surface area (Å²) < 4.78 is 0. The molecule has 0 amide bonds. The number of hydrogen-bond acceptors (Lipinski definition) is 0. The Morgan fingerprint density at radius 2 is 1.10 bits per heavy atom. The van der Waals surface area contributed by atoms with Crippen molar-refractivity contribution in [1.29, 1.82) is 0 Å². The molecule has 0 saturated heterocycles. The molecule has 0 heterocycles. The molecule has 3 rings (SSSR count). The summed E-state index contributed by atoms with van der Waals surface area (Å²) in [6.07, 6.45) is 0. The van der Waals surface area contributed by atoms with Crippen LogP contribution in [-0.2, 0) is 0 Å². The minimum atomic E-state index is 1.06. The molecule has 0 fully saturated rings. The zero-order valence-corrected chi connectivity index (χ0v) is 11.3. The maximum absolute atomic E-state index is 4.23. The van der Waals surface area contributed by atoms with Crippen LogP contribution in [0.25, 0.3) is 16.7 Å². The van der Waals surface area contributed by atoms with Crippen LogP contribution in [0.4, 0.5) is 0 Å². The van der Waals surface area contributed by atoms with Crippen LogP contribution < -0.4 is 0 Å². The lowest BCUT2D eigenvalue weighted by Gasteiger charge is -2.09. The van der Waals surface area contributed by atoms with Crippen molar-refractivity contribution < 1.29 is 0 Å². The van der Waals surface area contributed by atoms with Crippen molar-refractivity contribution in [3.05, 3.63) is 103 Å². The summed E-state index contributed by atoms with van der Waals surface area (Å²) in [5, 5.41) is 0. The van der Waals surface area contributed by atoms with Crippen molar-refractivity contribution in [1.82, 2.24) is 0 Å². The molecule has 0 spiro atoms. The first-order valence-corrected chi connectivity index (χ1v) is 6.75. The molecule has 0 nitrogen and oxygen atoms in total. The summed E-state index contributed by atoms with van der Waals surface area (Å²) in [7, 11) is 0. The molecular formula is C20H16. The van der Waals surface area contributed by atoms with Crippen LogP contribution in [0.1, 0.15) is 11.1 Å². The second-order valence-corrected chi connectivity index (χ2v) is 4.79. The Labute approximate surface area is 120 Å². The molecule has 0 aliphatic heterocycles. The lowest BCUT2D eigenvalue weighted by Crippen LogP contribution is -1.87. The molecule has 0 heteroatoms. The van der Waals surface area contributed by atoms with Crippen molar-refractivity contribution in [2.45, 2.75) is 0 Å². The van der Waals surface area contributed by atoms with Crippen molar-refractivity contribution in [3.63, 3.8) is 0 Å². The predicted molar refractivity (Wildman–Crippen MR) is 86.5 cm³/mol. The maximum Gasteiger partial charge on any atom is -0.0178 e. The molecule has 0 unspecified atom stereocenters.